The van der Waals surface area contributed by atoms with Crippen LogP contribution in [0.5, 0.6) is 0 Å². The molecule has 2 heterocycles. The van der Waals surface area contributed by atoms with Gasteiger partial charge < -0.3 is 33.2 Å². The molecule has 0 N–H and O–H groups in total. The van der Waals surface area contributed by atoms with Gasteiger partial charge in [-0.05, 0) is 54.5 Å². The maximum absolute atomic E-state index is 13.7. The molecular formula is C41H45N3O8S. The van der Waals surface area contributed by atoms with Gasteiger partial charge in [-0.3, -0.25) is 0 Å². The molecule has 2 fully saturated rings. The molecule has 0 spiro atoms. The number of nitrogens with zero attached hydrogens (tertiary/aromatic N) is 3. The zero-order valence-electron chi connectivity index (χ0n) is 30.0. The van der Waals surface area contributed by atoms with Crippen LogP contribution < -0.4 is 0 Å². The highest BCUT2D eigenvalue weighted by atomic mass is 32.2. The minimum atomic E-state index is -1.17. The number of benzene rings is 4. The van der Waals surface area contributed by atoms with Gasteiger partial charge in [0, 0.05) is 4.91 Å². The van der Waals surface area contributed by atoms with Crippen molar-refractivity contribution < 1.29 is 38.0 Å². The lowest BCUT2D eigenvalue weighted by molar-refractivity contribution is -0.328. The van der Waals surface area contributed by atoms with E-state index in [0.29, 0.717) is 18.8 Å². The van der Waals surface area contributed by atoms with Crippen LogP contribution in [-0.2, 0) is 53.0 Å². The van der Waals surface area contributed by atoms with Crippen LogP contribution in [0, 0.1) is 0 Å². The summed E-state index contributed by atoms with van der Waals surface area (Å²) in [6.07, 6.45) is -4.42. The third-order valence-electron chi connectivity index (χ3n) is 9.30. The van der Waals surface area contributed by atoms with E-state index < -0.39 is 66.5 Å². The lowest BCUT2D eigenvalue weighted by Gasteiger charge is -2.49. The van der Waals surface area contributed by atoms with E-state index in [2.05, 4.69) is 10.0 Å². The number of rotatable bonds is 15. The van der Waals surface area contributed by atoms with Gasteiger partial charge in [0.2, 0.25) is 0 Å². The normalized spacial score (nSPS) is 28.4. The van der Waals surface area contributed by atoms with Crippen molar-refractivity contribution >= 4 is 17.7 Å². The van der Waals surface area contributed by atoms with Gasteiger partial charge in [0.15, 0.2) is 12.4 Å². The van der Waals surface area contributed by atoms with Crippen LogP contribution in [0.25, 0.3) is 10.4 Å². The molecule has 0 radical (unpaired) electrons. The van der Waals surface area contributed by atoms with Crippen molar-refractivity contribution in [3.63, 3.8) is 0 Å². The molecule has 0 amide bonds. The van der Waals surface area contributed by atoms with Crippen LogP contribution in [0.1, 0.15) is 40.9 Å². The fraction of sp³-hybridized carbons (Fsp3) is 0.390. The van der Waals surface area contributed by atoms with Crippen molar-refractivity contribution in [2.75, 3.05) is 6.26 Å². The van der Waals surface area contributed by atoms with Crippen molar-refractivity contribution in [3.05, 3.63) is 154 Å². The number of thioether (sulfide) groups is 1. The largest absolute Gasteiger partial charge is 0.451 e. The van der Waals surface area contributed by atoms with E-state index >= 15 is 0 Å². The van der Waals surface area contributed by atoms with Crippen LogP contribution in [0.3, 0.4) is 0 Å². The van der Waals surface area contributed by atoms with E-state index in [1.54, 1.807) is 31.2 Å². The molecule has 6 rings (SSSR count). The van der Waals surface area contributed by atoms with Gasteiger partial charge in [-0.15, -0.1) is 11.8 Å². The van der Waals surface area contributed by atoms with Crippen LogP contribution >= 0.6 is 11.8 Å². The Bertz CT molecular complexity index is 1750. The molecule has 4 aromatic rings. The van der Waals surface area contributed by atoms with Crippen molar-refractivity contribution in [1.82, 2.24) is 0 Å². The van der Waals surface area contributed by atoms with Gasteiger partial charge in [0.25, 0.3) is 0 Å². The standard InChI is InChI=1S/C41H45N3O8S/c1-27-33(43-44-42)35(47-25-30-18-10-5-11-19-30)37(51-39(45)32-22-14-7-15-23-32)40(49-27)52-36-34(46-24-29-16-8-4-9-17-29)28(2)50-41(53-3)38(36)48-26-31-20-12-6-13-21-31/h4-23,27-28,33-38,40-41H,24-26H2,1-3H3/t27?,28?,33-,34+,35?,36?,37?,38?,40+,41+/m1/s1. The molecule has 12 heteroatoms. The molecule has 0 saturated carbocycles. The number of carbonyl (C=O) groups is 1. The Kier molecular flexibility index (Phi) is 13.9. The molecule has 10 atom stereocenters. The minimum absolute atomic E-state index is 0.163. The SMILES string of the molecule is CS[C@@H]1OC(C)[C@H](OCc2ccccc2)C(O[C@@H]2OC(C)[C@@H](N=[N+]=[N-])C(OCc3ccccc3)C2OC(=O)c2ccccc2)C1OCc1ccccc1. The molecule has 0 aliphatic carbocycles. The summed E-state index contributed by atoms with van der Waals surface area (Å²) < 4.78 is 46.1. The average Bonchev–Trinajstić information content (AvgIpc) is 3.20. The fourth-order valence-corrected chi connectivity index (χ4v) is 7.36. The zero-order chi connectivity index (χ0) is 37.0. The highest BCUT2D eigenvalue weighted by Crippen LogP contribution is 2.37. The number of hydrogen-bond acceptors (Lipinski definition) is 10. The lowest BCUT2D eigenvalue weighted by Crippen LogP contribution is -2.64. The molecule has 278 valence electrons. The molecule has 2 saturated heterocycles. The molecule has 0 bridgehead atoms. The molecule has 4 aromatic carbocycles. The first kappa shape index (κ1) is 38.5. The minimum Gasteiger partial charge on any atom is -0.451 e. The summed E-state index contributed by atoms with van der Waals surface area (Å²) in [6, 6.07) is 37.1. The number of hydrogen-bond donors (Lipinski definition) is 0. The number of azide groups is 1. The molecule has 11 nitrogen and oxygen atoms in total. The van der Waals surface area contributed by atoms with Gasteiger partial charge in [-0.2, -0.15) is 0 Å². The number of esters is 1. The fourth-order valence-electron chi connectivity index (χ4n) is 6.58. The molecule has 6 unspecified atom stereocenters. The first-order valence-electron chi connectivity index (χ1n) is 17.7. The van der Waals surface area contributed by atoms with E-state index in [9.17, 15) is 10.3 Å². The van der Waals surface area contributed by atoms with Crippen molar-refractivity contribution in [2.24, 2.45) is 5.11 Å². The maximum Gasteiger partial charge on any atom is 0.338 e. The zero-order valence-corrected chi connectivity index (χ0v) is 30.8. The molecule has 0 aromatic heterocycles. The second kappa shape index (κ2) is 19.2. The van der Waals surface area contributed by atoms with Crippen molar-refractivity contribution in [1.29, 1.82) is 0 Å². The summed E-state index contributed by atoms with van der Waals surface area (Å²) >= 11 is 1.51. The quantitative estimate of drug-likeness (QED) is 0.0517. The van der Waals surface area contributed by atoms with Gasteiger partial charge >= 0.3 is 5.97 Å². The number of carbonyl (C=O) groups excluding carboxylic acids is 1. The Hall–Kier alpha value is -4.23. The molecule has 2 aliphatic heterocycles. The van der Waals surface area contributed by atoms with Crippen LogP contribution in [0.15, 0.2) is 126 Å². The summed E-state index contributed by atoms with van der Waals surface area (Å²) in [6.45, 7) is 4.49. The Morgan fingerprint density at radius 2 is 1.15 bits per heavy atom. The summed E-state index contributed by atoms with van der Waals surface area (Å²) in [4.78, 5) is 16.9. The Balaban J connectivity index is 1.36. The summed E-state index contributed by atoms with van der Waals surface area (Å²) in [5, 5.41) is 4.07. The first-order chi connectivity index (χ1) is 25.9. The van der Waals surface area contributed by atoms with Gasteiger partial charge in [0.1, 0.15) is 29.9 Å². The average molecular weight is 740 g/mol. The van der Waals surface area contributed by atoms with Crippen LogP contribution in [0.2, 0.25) is 0 Å². The second-order valence-corrected chi connectivity index (χ2v) is 13.9. The molecule has 2 aliphatic rings. The number of ether oxygens (including phenoxy) is 7. The predicted molar refractivity (Wildman–Crippen MR) is 201 cm³/mol. The van der Waals surface area contributed by atoms with Crippen molar-refractivity contribution in [2.45, 2.75) is 94.2 Å². The Morgan fingerprint density at radius 3 is 1.66 bits per heavy atom. The monoisotopic (exact) mass is 739 g/mol. The van der Waals surface area contributed by atoms with E-state index in [1.165, 1.54) is 11.8 Å². The van der Waals surface area contributed by atoms with Crippen molar-refractivity contribution in [3.8, 4) is 0 Å². The van der Waals surface area contributed by atoms with E-state index in [-0.39, 0.29) is 6.61 Å². The topological polar surface area (TPSA) is 130 Å². The summed E-state index contributed by atoms with van der Waals surface area (Å²) in [7, 11) is 0. The third-order valence-corrected chi connectivity index (χ3v) is 10.1. The highest BCUT2D eigenvalue weighted by molar-refractivity contribution is 7.99. The van der Waals surface area contributed by atoms with E-state index in [1.807, 2.05) is 110 Å². The summed E-state index contributed by atoms with van der Waals surface area (Å²) in [5.74, 6) is -0.605. The van der Waals surface area contributed by atoms with E-state index in [4.69, 9.17) is 33.2 Å². The first-order valence-corrected chi connectivity index (χ1v) is 19.0. The summed E-state index contributed by atoms with van der Waals surface area (Å²) in [5.41, 5.74) is 12.4. The maximum atomic E-state index is 13.7. The van der Waals surface area contributed by atoms with Crippen LogP contribution in [-0.4, -0.2) is 72.7 Å². The van der Waals surface area contributed by atoms with Gasteiger partial charge in [0.05, 0.1) is 43.6 Å². The Labute approximate surface area is 314 Å². The van der Waals surface area contributed by atoms with Crippen LogP contribution in [0.4, 0.5) is 0 Å². The lowest BCUT2D eigenvalue weighted by atomic mass is 9.95. The van der Waals surface area contributed by atoms with Gasteiger partial charge in [-0.1, -0.05) is 114 Å². The molecular weight excluding hydrogens is 695 g/mol. The van der Waals surface area contributed by atoms with E-state index in [0.717, 1.165) is 16.7 Å². The second-order valence-electron chi connectivity index (χ2n) is 13.0. The van der Waals surface area contributed by atoms with Gasteiger partial charge in [-0.25, -0.2) is 4.79 Å². The highest BCUT2D eigenvalue weighted by Gasteiger charge is 2.53. The molecule has 53 heavy (non-hydrogen) atoms. The predicted octanol–water partition coefficient (Wildman–Crippen LogP) is 7.88. The smallest absolute Gasteiger partial charge is 0.338 e. The third kappa shape index (κ3) is 10.1. The Morgan fingerprint density at radius 1 is 0.660 bits per heavy atom.